The third-order valence-electron chi connectivity index (χ3n) is 10.6. The first kappa shape index (κ1) is 58.6. The Balaban J connectivity index is 4.45. The van der Waals surface area contributed by atoms with Gasteiger partial charge in [-0.25, -0.2) is 0 Å². The summed E-state index contributed by atoms with van der Waals surface area (Å²) in [6.45, 7) is 6.37. The van der Waals surface area contributed by atoms with Crippen LogP contribution in [0.5, 0.6) is 0 Å². The van der Waals surface area contributed by atoms with E-state index in [1.54, 1.807) is 0 Å². The minimum absolute atomic E-state index is 0.112. The van der Waals surface area contributed by atoms with E-state index in [4.69, 9.17) is 14.2 Å². The van der Waals surface area contributed by atoms with Crippen molar-refractivity contribution in [3.8, 4) is 0 Å². The molecule has 0 bridgehead atoms. The van der Waals surface area contributed by atoms with Crippen LogP contribution in [0, 0.1) is 0 Å². The lowest BCUT2D eigenvalue weighted by Gasteiger charge is -2.18. The molecule has 62 heavy (non-hydrogen) atoms. The molecule has 6 heteroatoms. The van der Waals surface area contributed by atoms with Crippen LogP contribution in [0.1, 0.15) is 233 Å². The predicted octanol–water partition coefficient (Wildman–Crippen LogP) is 16.8. The van der Waals surface area contributed by atoms with Crippen LogP contribution in [0.15, 0.2) is 85.1 Å². The second-order valence-electron chi connectivity index (χ2n) is 16.7. The van der Waals surface area contributed by atoms with Gasteiger partial charge in [0, 0.05) is 19.3 Å². The van der Waals surface area contributed by atoms with Crippen LogP contribution in [0.4, 0.5) is 0 Å². The fourth-order valence-corrected chi connectivity index (χ4v) is 6.78. The summed E-state index contributed by atoms with van der Waals surface area (Å²) in [5.74, 6) is -1.02. The zero-order valence-corrected chi connectivity index (χ0v) is 40.4. The van der Waals surface area contributed by atoms with Crippen molar-refractivity contribution in [3.63, 3.8) is 0 Å². The Hall–Kier alpha value is -3.41. The molecule has 0 saturated heterocycles. The van der Waals surface area contributed by atoms with Gasteiger partial charge < -0.3 is 14.2 Å². The van der Waals surface area contributed by atoms with Crippen molar-refractivity contribution in [2.75, 3.05) is 13.2 Å². The van der Waals surface area contributed by atoms with Gasteiger partial charge in [-0.2, -0.15) is 0 Å². The number of unbranched alkanes of at least 4 members (excludes halogenated alkanes) is 20. The molecule has 0 N–H and O–H groups in total. The summed E-state index contributed by atoms with van der Waals surface area (Å²) in [6.07, 6.45) is 64.4. The van der Waals surface area contributed by atoms with Crippen molar-refractivity contribution in [1.82, 2.24) is 0 Å². The van der Waals surface area contributed by atoms with Gasteiger partial charge in [0.25, 0.3) is 0 Å². The minimum atomic E-state index is -0.821. The summed E-state index contributed by atoms with van der Waals surface area (Å²) in [6, 6.07) is 0. The van der Waals surface area contributed by atoms with Gasteiger partial charge in [0.2, 0.25) is 0 Å². The maximum absolute atomic E-state index is 12.7. The molecule has 1 atom stereocenters. The molecule has 0 saturated carbocycles. The number of rotatable bonds is 45. The first-order valence-corrected chi connectivity index (χ1v) is 25.6. The van der Waals surface area contributed by atoms with Gasteiger partial charge in [0.15, 0.2) is 6.10 Å². The van der Waals surface area contributed by atoms with Gasteiger partial charge in [-0.15, -0.1) is 0 Å². The quantitative estimate of drug-likeness (QED) is 0.0263. The molecule has 0 aliphatic rings. The second-order valence-corrected chi connectivity index (χ2v) is 16.7. The van der Waals surface area contributed by atoms with Crippen LogP contribution >= 0.6 is 0 Å². The molecule has 0 aromatic heterocycles. The monoisotopic (exact) mass is 863 g/mol. The van der Waals surface area contributed by atoms with Crippen LogP contribution in [0.2, 0.25) is 0 Å². The molecule has 0 amide bonds. The second kappa shape index (κ2) is 50.2. The van der Waals surface area contributed by atoms with Gasteiger partial charge in [-0.1, -0.05) is 202 Å². The van der Waals surface area contributed by atoms with Crippen molar-refractivity contribution < 1.29 is 28.6 Å². The summed E-state index contributed by atoms with van der Waals surface area (Å²) in [7, 11) is 0. The smallest absolute Gasteiger partial charge is 0.306 e. The van der Waals surface area contributed by atoms with E-state index in [2.05, 4.69) is 93.7 Å². The van der Waals surface area contributed by atoms with E-state index in [0.29, 0.717) is 19.3 Å². The van der Waals surface area contributed by atoms with Crippen molar-refractivity contribution in [3.05, 3.63) is 85.1 Å². The molecule has 0 aliphatic heterocycles. The largest absolute Gasteiger partial charge is 0.462 e. The van der Waals surface area contributed by atoms with Crippen LogP contribution < -0.4 is 0 Å². The standard InChI is InChI=1S/C56H94O6/c1-4-7-10-13-16-19-22-25-26-27-28-29-32-34-37-40-43-46-49-55(58)61-52-53(62-56(59)50-47-44-41-38-35-31-24-21-18-15-12-9-6-3)51-60-54(57)48-45-42-39-36-33-30-23-20-17-14-11-8-5-2/h9,11-12,14,18,20-21,23,26-27,31,35,41,44,53H,4-8,10,13,15-17,19,22,24-25,28-30,32-34,36-40,42-43,45-52H2,1-3H3/b12-9-,14-11-,21-18-,23-20-,27-26-,35-31-,44-41-. The molecule has 0 fully saturated rings. The molecule has 0 heterocycles. The van der Waals surface area contributed by atoms with E-state index in [-0.39, 0.29) is 31.6 Å². The Labute approximate surface area is 382 Å². The fourth-order valence-electron chi connectivity index (χ4n) is 6.78. The number of hydrogen-bond donors (Lipinski definition) is 0. The average Bonchev–Trinajstić information content (AvgIpc) is 3.27. The SMILES string of the molecule is CC/C=C\C/C=C\C/C=C\C/C=C\CCC(=O)OC(COC(=O)CCCCCCC/C=C\C/C=C\CCC)COC(=O)CCCCCCCCC/C=C\CCCCCCCCC. The lowest BCUT2D eigenvalue weighted by Crippen LogP contribution is -2.30. The maximum Gasteiger partial charge on any atom is 0.306 e. The van der Waals surface area contributed by atoms with E-state index < -0.39 is 12.1 Å². The van der Waals surface area contributed by atoms with Gasteiger partial charge in [0.05, 0.1) is 0 Å². The highest BCUT2D eigenvalue weighted by atomic mass is 16.6. The summed E-state index contributed by atoms with van der Waals surface area (Å²) in [5, 5.41) is 0. The van der Waals surface area contributed by atoms with Crippen LogP contribution in [-0.2, 0) is 28.6 Å². The van der Waals surface area contributed by atoms with Crippen LogP contribution in [-0.4, -0.2) is 37.2 Å². The molecule has 6 nitrogen and oxygen atoms in total. The van der Waals surface area contributed by atoms with Gasteiger partial charge in [0.1, 0.15) is 13.2 Å². The molecular formula is C56H94O6. The van der Waals surface area contributed by atoms with Gasteiger partial charge in [-0.3, -0.25) is 14.4 Å². The highest BCUT2D eigenvalue weighted by Crippen LogP contribution is 2.13. The van der Waals surface area contributed by atoms with Crippen LogP contribution in [0.25, 0.3) is 0 Å². The summed E-state index contributed by atoms with van der Waals surface area (Å²) >= 11 is 0. The van der Waals surface area contributed by atoms with E-state index in [1.807, 2.05) is 12.2 Å². The van der Waals surface area contributed by atoms with Crippen molar-refractivity contribution in [2.24, 2.45) is 0 Å². The van der Waals surface area contributed by atoms with Crippen molar-refractivity contribution in [1.29, 1.82) is 0 Å². The number of hydrogen-bond acceptors (Lipinski definition) is 6. The van der Waals surface area contributed by atoms with E-state index in [1.165, 1.54) is 89.9 Å². The summed E-state index contributed by atoms with van der Waals surface area (Å²) < 4.78 is 16.7. The molecular weight excluding hydrogens is 769 g/mol. The molecule has 0 spiro atoms. The fraction of sp³-hybridized carbons (Fsp3) is 0.696. The van der Waals surface area contributed by atoms with Crippen molar-refractivity contribution in [2.45, 2.75) is 239 Å². The summed E-state index contributed by atoms with van der Waals surface area (Å²) in [4.78, 5) is 37.9. The lowest BCUT2D eigenvalue weighted by atomic mass is 10.1. The Morgan fingerprint density at radius 2 is 0.694 bits per heavy atom. The highest BCUT2D eigenvalue weighted by Gasteiger charge is 2.19. The van der Waals surface area contributed by atoms with E-state index in [0.717, 1.165) is 96.3 Å². The number of esters is 3. The van der Waals surface area contributed by atoms with Gasteiger partial charge >= 0.3 is 17.9 Å². The molecule has 0 aliphatic carbocycles. The minimum Gasteiger partial charge on any atom is -0.462 e. The van der Waals surface area contributed by atoms with E-state index >= 15 is 0 Å². The van der Waals surface area contributed by atoms with Gasteiger partial charge in [-0.05, 0) is 96.3 Å². The molecule has 0 radical (unpaired) electrons. The highest BCUT2D eigenvalue weighted by molar-refractivity contribution is 5.71. The zero-order chi connectivity index (χ0) is 45.1. The normalized spacial score (nSPS) is 12.8. The first-order valence-electron chi connectivity index (χ1n) is 25.6. The molecule has 0 aromatic rings. The zero-order valence-electron chi connectivity index (χ0n) is 40.4. The number of carbonyl (C=O) groups is 3. The molecule has 1 unspecified atom stereocenters. The molecule has 0 aromatic carbocycles. The van der Waals surface area contributed by atoms with Crippen LogP contribution in [0.3, 0.4) is 0 Å². The Kier molecular flexibility index (Phi) is 47.5. The third kappa shape index (κ3) is 47.6. The Bertz CT molecular complexity index is 1220. The Morgan fingerprint density at radius 1 is 0.339 bits per heavy atom. The third-order valence-corrected chi connectivity index (χ3v) is 10.6. The van der Waals surface area contributed by atoms with Crippen molar-refractivity contribution >= 4 is 17.9 Å². The number of allylic oxidation sites excluding steroid dienone is 14. The molecule has 0 rings (SSSR count). The topological polar surface area (TPSA) is 78.9 Å². The predicted molar refractivity (Wildman–Crippen MR) is 265 cm³/mol. The van der Waals surface area contributed by atoms with E-state index in [9.17, 15) is 14.4 Å². The number of ether oxygens (including phenoxy) is 3. The summed E-state index contributed by atoms with van der Waals surface area (Å²) in [5.41, 5.74) is 0. The first-order chi connectivity index (χ1) is 30.5. The average molecular weight is 863 g/mol. The molecule has 354 valence electrons. The number of carbonyl (C=O) groups excluding carboxylic acids is 3. The lowest BCUT2D eigenvalue weighted by molar-refractivity contribution is -0.166. The maximum atomic E-state index is 12.7. The Morgan fingerprint density at radius 3 is 1.13 bits per heavy atom.